The number of aliphatic hydroxyl groups excluding tert-OH is 3. The number of rotatable bonds is 51. The number of aliphatic hydroxyl groups is 3. The quantitative estimate of drug-likeness (QED) is 0.0309. The molecule has 0 fully saturated rings. The lowest BCUT2D eigenvalue weighted by molar-refractivity contribution is -0.167. The molecule has 0 saturated carbocycles. The van der Waals surface area contributed by atoms with E-state index in [-0.39, 0.29) is 31.1 Å². The van der Waals surface area contributed by atoms with E-state index in [4.69, 9.17) is 19.3 Å². The SMILES string of the molecule is CCCCCCCCCCCCCCCC(=O)OCC(COC(=O)CCCCCCCCCCCCCCCC(O)C(O)CO)OC(=O)CCCCCCCCCCCCCCC. The Bertz CT molecular complexity index is 975. The standard InChI is InChI=1S/C54H104O9/c1-3-5-7-9-11-13-15-18-23-27-31-35-39-43-52(58)61-47-49(63-54(60)45-41-37-33-29-25-19-16-14-12-10-8-6-4-2)48-62-53(59)44-40-36-32-28-24-21-17-20-22-26-30-34-38-42-50(56)51(57)46-55/h49-51,55-57H,3-48H2,1-2H3. The van der Waals surface area contributed by atoms with Gasteiger partial charge in [0.15, 0.2) is 6.10 Å². The van der Waals surface area contributed by atoms with Crippen LogP contribution < -0.4 is 0 Å². The highest BCUT2D eigenvalue weighted by Gasteiger charge is 2.20. The second-order valence-corrected chi connectivity index (χ2v) is 18.9. The highest BCUT2D eigenvalue weighted by molar-refractivity contribution is 5.71. The Morgan fingerprint density at radius 1 is 0.349 bits per heavy atom. The highest BCUT2D eigenvalue weighted by atomic mass is 16.6. The van der Waals surface area contributed by atoms with E-state index >= 15 is 0 Å². The third-order valence-corrected chi connectivity index (χ3v) is 12.6. The maximum atomic E-state index is 12.8. The van der Waals surface area contributed by atoms with E-state index in [0.29, 0.717) is 25.7 Å². The Hall–Kier alpha value is -1.71. The predicted molar refractivity (Wildman–Crippen MR) is 261 cm³/mol. The van der Waals surface area contributed by atoms with Gasteiger partial charge in [-0.3, -0.25) is 14.4 Å². The minimum Gasteiger partial charge on any atom is -0.462 e. The molecule has 9 nitrogen and oxygen atoms in total. The second-order valence-electron chi connectivity index (χ2n) is 18.9. The van der Waals surface area contributed by atoms with Gasteiger partial charge in [-0.1, -0.05) is 245 Å². The lowest BCUT2D eigenvalue weighted by Crippen LogP contribution is -2.30. The number of carbonyl (C=O) groups excluding carboxylic acids is 3. The molecule has 0 rings (SSSR count). The molecular formula is C54H104O9. The molecule has 0 aliphatic heterocycles. The average molecular weight is 897 g/mol. The van der Waals surface area contributed by atoms with E-state index in [1.807, 2.05) is 0 Å². The largest absolute Gasteiger partial charge is 0.462 e. The van der Waals surface area contributed by atoms with Gasteiger partial charge < -0.3 is 29.5 Å². The Labute approximate surface area is 388 Å². The number of ether oxygens (including phenoxy) is 3. The molecule has 0 aliphatic rings. The monoisotopic (exact) mass is 897 g/mol. The summed E-state index contributed by atoms with van der Waals surface area (Å²) in [5.74, 6) is -0.912. The first kappa shape index (κ1) is 61.3. The van der Waals surface area contributed by atoms with Crippen LogP contribution in [0.25, 0.3) is 0 Å². The van der Waals surface area contributed by atoms with Crippen molar-refractivity contribution in [3.63, 3.8) is 0 Å². The van der Waals surface area contributed by atoms with Crippen LogP contribution in [0.4, 0.5) is 0 Å². The summed E-state index contributed by atoms with van der Waals surface area (Å²) in [6.45, 7) is 3.95. The molecule has 0 aliphatic carbocycles. The summed E-state index contributed by atoms with van der Waals surface area (Å²) in [5, 5.41) is 28.0. The summed E-state index contributed by atoms with van der Waals surface area (Å²) in [7, 11) is 0. The average Bonchev–Trinajstić information content (AvgIpc) is 3.28. The van der Waals surface area contributed by atoms with E-state index in [2.05, 4.69) is 13.8 Å². The van der Waals surface area contributed by atoms with E-state index in [1.54, 1.807) is 0 Å². The lowest BCUT2D eigenvalue weighted by Gasteiger charge is -2.18. The lowest BCUT2D eigenvalue weighted by atomic mass is 10.0. The number of esters is 3. The molecule has 63 heavy (non-hydrogen) atoms. The zero-order valence-corrected chi connectivity index (χ0v) is 41.6. The Morgan fingerprint density at radius 3 is 0.889 bits per heavy atom. The fraction of sp³-hybridized carbons (Fsp3) is 0.944. The molecule has 0 spiro atoms. The van der Waals surface area contributed by atoms with Gasteiger partial charge in [0.05, 0.1) is 12.7 Å². The smallest absolute Gasteiger partial charge is 0.306 e. The van der Waals surface area contributed by atoms with Crippen LogP contribution in [-0.2, 0) is 28.6 Å². The maximum Gasteiger partial charge on any atom is 0.306 e. The summed E-state index contributed by atoms with van der Waals surface area (Å²) < 4.78 is 16.8. The van der Waals surface area contributed by atoms with Gasteiger partial charge in [-0.25, -0.2) is 0 Å². The molecule has 0 aromatic rings. The van der Waals surface area contributed by atoms with Crippen LogP contribution in [0.15, 0.2) is 0 Å². The van der Waals surface area contributed by atoms with E-state index in [0.717, 1.165) is 77.0 Å². The van der Waals surface area contributed by atoms with Crippen molar-refractivity contribution in [1.82, 2.24) is 0 Å². The molecule has 9 heteroatoms. The van der Waals surface area contributed by atoms with Crippen molar-refractivity contribution in [2.75, 3.05) is 19.8 Å². The minimum atomic E-state index is -1.03. The maximum absolute atomic E-state index is 12.8. The van der Waals surface area contributed by atoms with Crippen molar-refractivity contribution >= 4 is 17.9 Å². The Balaban J connectivity index is 4.29. The van der Waals surface area contributed by atoms with Crippen molar-refractivity contribution in [3.05, 3.63) is 0 Å². The molecule has 3 unspecified atom stereocenters. The number of unbranched alkanes of at least 4 members (excludes halogenated alkanes) is 36. The molecule has 0 bridgehead atoms. The fourth-order valence-electron chi connectivity index (χ4n) is 8.33. The summed E-state index contributed by atoms with van der Waals surface area (Å²) in [6, 6.07) is 0. The number of hydrogen-bond acceptors (Lipinski definition) is 9. The fourth-order valence-corrected chi connectivity index (χ4v) is 8.33. The van der Waals surface area contributed by atoms with Gasteiger partial charge in [0.1, 0.15) is 19.3 Å². The summed E-state index contributed by atoms with van der Waals surface area (Å²) >= 11 is 0. The van der Waals surface area contributed by atoms with Gasteiger partial charge in [0.25, 0.3) is 0 Å². The van der Waals surface area contributed by atoms with Crippen LogP contribution >= 0.6 is 0 Å². The van der Waals surface area contributed by atoms with E-state index in [9.17, 15) is 24.6 Å². The molecule has 0 amide bonds. The second kappa shape index (κ2) is 49.7. The van der Waals surface area contributed by atoms with E-state index in [1.165, 1.54) is 173 Å². The van der Waals surface area contributed by atoms with Gasteiger partial charge in [-0.2, -0.15) is 0 Å². The van der Waals surface area contributed by atoms with Gasteiger partial charge in [-0.05, 0) is 25.7 Å². The first-order valence-corrected chi connectivity index (χ1v) is 27.3. The molecule has 0 aromatic heterocycles. The molecule has 3 N–H and O–H groups in total. The van der Waals surface area contributed by atoms with Gasteiger partial charge in [0.2, 0.25) is 0 Å². The molecule has 0 saturated heterocycles. The van der Waals surface area contributed by atoms with Gasteiger partial charge >= 0.3 is 17.9 Å². The minimum absolute atomic E-state index is 0.0855. The van der Waals surface area contributed by atoms with Crippen molar-refractivity contribution in [2.45, 2.75) is 308 Å². The summed E-state index contributed by atoms with van der Waals surface area (Å²) in [5.41, 5.74) is 0. The zero-order chi connectivity index (χ0) is 46.1. The molecular weight excluding hydrogens is 793 g/mol. The third kappa shape index (κ3) is 46.6. The first-order chi connectivity index (χ1) is 30.8. The normalized spacial score (nSPS) is 12.9. The Morgan fingerprint density at radius 2 is 0.603 bits per heavy atom. The zero-order valence-electron chi connectivity index (χ0n) is 41.6. The molecule has 0 heterocycles. The van der Waals surface area contributed by atoms with Gasteiger partial charge in [0, 0.05) is 19.3 Å². The van der Waals surface area contributed by atoms with Crippen LogP contribution in [-0.4, -0.2) is 71.4 Å². The van der Waals surface area contributed by atoms with Crippen LogP contribution in [0.5, 0.6) is 0 Å². The summed E-state index contributed by atoms with van der Waals surface area (Å²) in [4.78, 5) is 38.0. The van der Waals surface area contributed by atoms with Crippen LogP contribution in [0.1, 0.15) is 290 Å². The third-order valence-electron chi connectivity index (χ3n) is 12.6. The van der Waals surface area contributed by atoms with Crippen LogP contribution in [0.2, 0.25) is 0 Å². The van der Waals surface area contributed by atoms with Crippen molar-refractivity contribution in [3.8, 4) is 0 Å². The predicted octanol–water partition coefficient (Wildman–Crippen LogP) is 14.5. The first-order valence-electron chi connectivity index (χ1n) is 27.3. The molecule has 3 atom stereocenters. The van der Waals surface area contributed by atoms with Gasteiger partial charge in [-0.15, -0.1) is 0 Å². The highest BCUT2D eigenvalue weighted by Crippen LogP contribution is 2.17. The molecule has 0 aromatic carbocycles. The topological polar surface area (TPSA) is 140 Å². The Kier molecular flexibility index (Phi) is 48.4. The molecule has 0 radical (unpaired) electrons. The van der Waals surface area contributed by atoms with Crippen molar-refractivity contribution in [2.24, 2.45) is 0 Å². The van der Waals surface area contributed by atoms with E-state index < -0.39 is 24.9 Å². The summed E-state index contributed by atoms with van der Waals surface area (Å²) in [6.07, 6.45) is 45.7. The van der Waals surface area contributed by atoms with Crippen molar-refractivity contribution in [1.29, 1.82) is 0 Å². The van der Waals surface area contributed by atoms with Crippen molar-refractivity contribution < 1.29 is 43.9 Å². The number of carbonyl (C=O) groups is 3. The number of hydrogen-bond donors (Lipinski definition) is 3. The molecule has 374 valence electrons. The van der Waals surface area contributed by atoms with Crippen LogP contribution in [0, 0.1) is 0 Å². The van der Waals surface area contributed by atoms with Crippen LogP contribution in [0.3, 0.4) is 0 Å².